The highest BCUT2D eigenvalue weighted by Crippen LogP contribution is 2.20. The van der Waals surface area contributed by atoms with Crippen LogP contribution in [0.4, 0.5) is 4.39 Å². The number of amides is 1. The first-order chi connectivity index (χ1) is 6.18. The van der Waals surface area contributed by atoms with Crippen LogP contribution in [-0.4, -0.2) is 17.9 Å². The van der Waals surface area contributed by atoms with Crippen molar-refractivity contribution < 1.29 is 9.18 Å². The number of hydrogen-bond acceptors (Lipinski definition) is 1. The van der Waals surface area contributed by atoms with E-state index < -0.39 is 0 Å². The molecule has 0 aliphatic carbocycles. The molecular weight excluding hydrogens is 169 g/mol. The summed E-state index contributed by atoms with van der Waals surface area (Å²) >= 11 is 0. The molecule has 0 unspecified atom stereocenters. The molecule has 13 heavy (non-hydrogen) atoms. The van der Waals surface area contributed by atoms with E-state index >= 15 is 0 Å². The maximum atomic E-state index is 13.2. The Morgan fingerprint density at radius 1 is 1.46 bits per heavy atom. The lowest BCUT2D eigenvalue weighted by Gasteiger charge is -2.25. The topological polar surface area (TPSA) is 20.3 Å². The predicted octanol–water partition coefficient (Wildman–Crippen LogP) is 1.34. The van der Waals surface area contributed by atoms with E-state index in [1.807, 2.05) is 6.07 Å². The van der Waals surface area contributed by atoms with Crippen LogP contribution in [-0.2, 0) is 17.8 Å². The summed E-state index contributed by atoms with van der Waals surface area (Å²) in [5.74, 6) is -0.157. The fourth-order valence-corrected chi connectivity index (χ4v) is 1.57. The Kier molecular flexibility index (Phi) is 1.79. The van der Waals surface area contributed by atoms with Gasteiger partial charge in [0.25, 0.3) is 0 Å². The molecule has 3 heteroatoms. The number of likely N-dealkylation sites (N-methyl/N-ethyl adjacent to an activating group) is 1. The van der Waals surface area contributed by atoms with Crippen molar-refractivity contribution >= 4 is 5.91 Å². The zero-order chi connectivity index (χ0) is 9.42. The Morgan fingerprint density at radius 3 is 3.00 bits per heavy atom. The van der Waals surface area contributed by atoms with E-state index in [1.165, 1.54) is 6.07 Å². The highest BCUT2D eigenvalue weighted by Gasteiger charge is 2.21. The fraction of sp³-hybridized carbons (Fsp3) is 0.300. The number of fused-ring (bicyclic) bond motifs is 1. The van der Waals surface area contributed by atoms with E-state index in [-0.39, 0.29) is 11.7 Å². The number of rotatable bonds is 0. The van der Waals surface area contributed by atoms with Crippen LogP contribution in [0.2, 0.25) is 0 Å². The smallest absolute Gasteiger partial charge is 0.227 e. The van der Waals surface area contributed by atoms with Crippen LogP contribution < -0.4 is 0 Å². The van der Waals surface area contributed by atoms with Gasteiger partial charge in [0.1, 0.15) is 5.82 Å². The molecule has 1 aromatic rings. The van der Waals surface area contributed by atoms with Crippen molar-refractivity contribution in [2.75, 3.05) is 7.05 Å². The number of carbonyl (C=O) groups is 1. The highest BCUT2D eigenvalue weighted by atomic mass is 19.1. The average Bonchev–Trinajstić information content (AvgIpc) is 2.09. The van der Waals surface area contributed by atoms with Crippen LogP contribution in [0.15, 0.2) is 18.2 Å². The minimum Gasteiger partial charge on any atom is -0.341 e. The Morgan fingerprint density at radius 2 is 2.23 bits per heavy atom. The van der Waals surface area contributed by atoms with Gasteiger partial charge in [0.15, 0.2) is 0 Å². The van der Waals surface area contributed by atoms with E-state index in [4.69, 9.17) is 0 Å². The van der Waals surface area contributed by atoms with Crippen molar-refractivity contribution in [3.63, 3.8) is 0 Å². The van der Waals surface area contributed by atoms with Gasteiger partial charge in [-0.25, -0.2) is 4.39 Å². The molecule has 1 amide bonds. The molecule has 1 heterocycles. The number of nitrogens with zero attached hydrogens (tertiary/aromatic N) is 1. The standard InChI is InChI=1S/C10H10FNO/c1-12-6-8-7(5-10(12)13)3-2-4-9(8)11/h2-4H,5-6H2,1H3. The monoisotopic (exact) mass is 179 g/mol. The number of hydrogen-bond donors (Lipinski definition) is 0. The SMILES string of the molecule is CN1Cc2c(F)cccc2CC1=O. The van der Waals surface area contributed by atoms with Gasteiger partial charge >= 0.3 is 0 Å². The number of carbonyl (C=O) groups excluding carboxylic acids is 1. The van der Waals surface area contributed by atoms with Crippen molar-refractivity contribution in [1.82, 2.24) is 4.90 Å². The minimum absolute atomic E-state index is 0.0538. The molecule has 68 valence electrons. The lowest BCUT2D eigenvalue weighted by Crippen LogP contribution is -2.33. The Bertz CT molecular complexity index is 362. The number of benzene rings is 1. The molecule has 0 saturated heterocycles. The summed E-state index contributed by atoms with van der Waals surface area (Å²) in [6.45, 7) is 0.390. The Balaban J connectivity index is 2.48. The molecule has 0 N–H and O–H groups in total. The summed E-state index contributed by atoms with van der Waals surface area (Å²) in [6, 6.07) is 4.89. The molecule has 1 aromatic carbocycles. The normalized spacial score (nSPS) is 15.8. The van der Waals surface area contributed by atoms with Gasteiger partial charge in [0.2, 0.25) is 5.91 Å². The summed E-state index contributed by atoms with van der Waals surface area (Å²) in [7, 11) is 1.69. The third-order valence-corrected chi connectivity index (χ3v) is 2.38. The average molecular weight is 179 g/mol. The van der Waals surface area contributed by atoms with E-state index in [2.05, 4.69) is 0 Å². The van der Waals surface area contributed by atoms with E-state index in [0.29, 0.717) is 18.5 Å². The molecule has 0 radical (unpaired) electrons. The first-order valence-electron chi connectivity index (χ1n) is 4.18. The van der Waals surface area contributed by atoms with Gasteiger partial charge in [-0.2, -0.15) is 0 Å². The van der Waals surface area contributed by atoms with Gasteiger partial charge in [-0.3, -0.25) is 4.79 Å². The Labute approximate surface area is 76.0 Å². The van der Waals surface area contributed by atoms with Crippen molar-refractivity contribution in [1.29, 1.82) is 0 Å². The zero-order valence-electron chi connectivity index (χ0n) is 7.38. The summed E-state index contributed by atoms with van der Waals surface area (Å²) in [4.78, 5) is 12.8. The predicted molar refractivity (Wildman–Crippen MR) is 46.6 cm³/mol. The second-order valence-corrected chi connectivity index (χ2v) is 3.30. The van der Waals surface area contributed by atoms with Crippen molar-refractivity contribution in [3.8, 4) is 0 Å². The van der Waals surface area contributed by atoms with Crippen LogP contribution in [0.5, 0.6) is 0 Å². The third kappa shape index (κ3) is 1.30. The molecule has 1 aliphatic rings. The number of halogens is 1. The molecule has 0 aromatic heterocycles. The van der Waals surface area contributed by atoms with Crippen LogP contribution in [0.3, 0.4) is 0 Å². The van der Waals surface area contributed by atoms with Gasteiger partial charge in [-0.1, -0.05) is 12.1 Å². The second kappa shape index (κ2) is 2.83. The third-order valence-electron chi connectivity index (χ3n) is 2.38. The summed E-state index contributed by atoms with van der Waals surface area (Å²) in [6.07, 6.45) is 0.323. The first-order valence-corrected chi connectivity index (χ1v) is 4.18. The lowest BCUT2D eigenvalue weighted by molar-refractivity contribution is -0.130. The molecule has 0 atom stereocenters. The maximum Gasteiger partial charge on any atom is 0.227 e. The molecule has 0 bridgehead atoms. The van der Waals surface area contributed by atoms with Crippen LogP contribution in [0.25, 0.3) is 0 Å². The Hall–Kier alpha value is -1.38. The lowest BCUT2D eigenvalue weighted by atomic mass is 9.99. The second-order valence-electron chi connectivity index (χ2n) is 3.30. The molecular formula is C10H10FNO. The molecule has 0 spiro atoms. The van der Waals surface area contributed by atoms with Gasteiger partial charge in [-0.15, -0.1) is 0 Å². The van der Waals surface area contributed by atoms with Gasteiger partial charge in [-0.05, 0) is 11.6 Å². The summed E-state index contributed by atoms with van der Waals surface area (Å²) < 4.78 is 13.2. The van der Waals surface area contributed by atoms with Crippen molar-refractivity contribution in [2.24, 2.45) is 0 Å². The quantitative estimate of drug-likeness (QED) is 0.588. The zero-order valence-corrected chi connectivity index (χ0v) is 7.38. The maximum absolute atomic E-state index is 13.2. The molecule has 0 fully saturated rings. The van der Waals surface area contributed by atoms with Gasteiger partial charge in [0, 0.05) is 19.2 Å². The molecule has 0 saturated carbocycles. The van der Waals surface area contributed by atoms with E-state index in [0.717, 1.165) is 5.56 Å². The molecule has 1 aliphatic heterocycles. The first kappa shape index (κ1) is 8.23. The van der Waals surface area contributed by atoms with Gasteiger partial charge < -0.3 is 4.90 Å². The van der Waals surface area contributed by atoms with Crippen LogP contribution >= 0.6 is 0 Å². The van der Waals surface area contributed by atoms with Crippen LogP contribution in [0.1, 0.15) is 11.1 Å². The molecule has 2 rings (SSSR count). The highest BCUT2D eigenvalue weighted by molar-refractivity contribution is 5.80. The summed E-state index contributed by atoms with van der Waals surface area (Å²) in [5, 5.41) is 0. The van der Waals surface area contributed by atoms with Crippen molar-refractivity contribution in [3.05, 3.63) is 35.1 Å². The van der Waals surface area contributed by atoms with Gasteiger partial charge in [0.05, 0.1) is 6.42 Å². The molecule has 2 nitrogen and oxygen atoms in total. The minimum atomic E-state index is -0.211. The van der Waals surface area contributed by atoms with E-state index in [9.17, 15) is 9.18 Å². The largest absolute Gasteiger partial charge is 0.341 e. The van der Waals surface area contributed by atoms with E-state index in [1.54, 1.807) is 18.0 Å². The van der Waals surface area contributed by atoms with Crippen LogP contribution in [0, 0.1) is 5.82 Å². The fourth-order valence-electron chi connectivity index (χ4n) is 1.57. The summed E-state index contributed by atoms with van der Waals surface area (Å²) in [5.41, 5.74) is 1.48. The van der Waals surface area contributed by atoms with Crippen molar-refractivity contribution in [2.45, 2.75) is 13.0 Å².